The highest BCUT2D eigenvalue weighted by molar-refractivity contribution is 6.30. The highest BCUT2D eigenvalue weighted by atomic mass is 35.5. The first kappa shape index (κ1) is 18.7. The fourth-order valence-corrected chi connectivity index (χ4v) is 3.33. The molecule has 1 amide bonds. The smallest absolute Gasteiger partial charge is 0.338 e. The van der Waals surface area contributed by atoms with Crippen LogP contribution in [-0.2, 0) is 6.18 Å². The van der Waals surface area contributed by atoms with Gasteiger partial charge in [0.1, 0.15) is 5.69 Å². The summed E-state index contributed by atoms with van der Waals surface area (Å²) in [4.78, 5) is 17.8. The van der Waals surface area contributed by atoms with Crippen molar-refractivity contribution in [1.82, 2.24) is 9.88 Å². The maximum Gasteiger partial charge on any atom is 0.433 e. The Hall–Kier alpha value is -2.08. The fourth-order valence-electron chi connectivity index (χ4n) is 3.20. The molecule has 3 nitrogen and oxygen atoms in total. The lowest BCUT2D eigenvalue weighted by atomic mass is 9.94. The maximum atomic E-state index is 12.7. The molecule has 2 heterocycles. The molecule has 1 atom stereocenters. The SMILES string of the molecule is O=C(c1ccc(C(F)(F)F)nc1)N1CCCCC(c2ccc(Cl)cc2)C1. The fraction of sp³-hybridized carbons (Fsp3) is 0.368. The number of pyridine rings is 1. The van der Waals surface area contributed by atoms with Crippen LogP contribution in [0, 0.1) is 0 Å². The summed E-state index contributed by atoms with van der Waals surface area (Å²) in [6.07, 6.45) is -0.694. The molecule has 1 aromatic heterocycles. The van der Waals surface area contributed by atoms with E-state index in [-0.39, 0.29) is 17.4 Å². The lowest BCUT2D eigenvalue weighted by Gasteiger charge is -2.25. The Morgan fingerprint density at radius 3 is 2.46 bits per heavy atom. The van der Waals surface area contributed by atoms with Crippen molar-refractivity contribution in [1.29, 1.82) is 0 Å². The zero-order valence-corrected chi connectivity index (χ0v) is 14.7. The van der Waals surface area contributed by atoms with Crippen molar-refractivity contribution in [3.05, 3.63) is 64.4 Å². The number of carbonyl (C=O) groups excluding carboxylic acids is 1. The lowest BCUT2D eigenvalue weighted by molar-refractivity contribution is -0.141. The summed E-state index contributed by atoms with van der Waals surface area (Å²) in [5.41, 5.74) is 0.290. The van der Waals surface area contributed by atoms with Gasteiger partial charge in [-0.15, -0.1) is 0 Å². The van der Waals surface area contributed by atoms with E-state index in [4.69, 9.17) is 11.6 Å². The van der Waals surface area contributed by atoms with Crippen molar-refractivity contribution in [2.24, 2.45) is 0 Å². The van der Waals surface area contributed by atoms with Crippen LogP contribution < -0.4 is 0 Å². The van der Waals surface area contributed by atoms with Crippen molar-refractivity contribution >= 4 is 17.5 Å². The van der Waals surface area contributed by atoms with Crippen molar-refractivity contribution in [2.45, 2.75) is 31.4 Å². The third kappa shape index (κ3) is 4.36. The van der Waals surface area contributed by atoms with Crippen LogP contribution >= 0.6 is 11.6 Å². The standard InChI is InChI=1S/C19H18ClF3N2O/c20-16-7-4-13(5-8-16)15-3-1-2-10-25(12-15)18(26)14-6-9-17(24-11-14)19(21,22)23/h4-9,11,15H,1-3,10,12H2. The number of aromatic nitrogens is 1. The van der Waals surface area contributed by atoms with Gasteiger partial charge in [0.25, 0.3) is 5.91 Å². The van der Waals surface area contributed by atoms with Crippen LogP contribution in [0.15, 0.2) is 42.6 Å². The van der Waals surface area contributed by atoms with E-state index in [9.17, 15) is 18.0 Å². The molecule has 0 bridgehead atoms. The monoisotopic (exact) mass is 382 g/mol. The molecule has 7 heteroatoms. The molecule has 1 unspecified atom stereocenters. The number of likely N-dealkylation sites (tertiary alicyclic amines) is 1. The van der Waals surface area contributed by atoms with Crippen LogP contribution in [-0.4, -0.2) is 28.9 Å². The number of halogens is 4. The molecule has 0 spiro atoms. The molecule has 3 rings (SSSR count). The number of hydrogen-bond acceptors (Lipinski definition) is 2. The molecule has 2 aromatic rings. The summed E-state index contributed by atoms with van der Waals surface area (Å²) >= 11 is 5.94. The number of alkyl halides is 3. The first-order valence-electron chi connectivity index (χ1n) is 8.42. The van der Waals surface area contributed by atoms with E-state index in [2.05, 4.69) is 4.98 Å². The predicted molar refractivity (Wildman–Crippen MR) is 93.2 cm³/mol. The first-order chi connectivity index (χ1) is 12.3. The summed E-state index contributed by atoms with van der Waals surface area (Å²) in [5.74, 6) is -0.104. The Labute approximate surface area is 154 Å². The zero-order valence-electron chi connectivity index (χ0n) is 14.0. The molecular weight excluding hydrogens is 365 g/mol. The molecule has 1 aliphatic heterocycles. The minimum absolute atomic E-state index is 0.176. The van der Waals surface area contributed by atoms with E-state index >= 15 is 0 Å². The second kappa shape index (κ2) is 7.66. The van der Waals surface area contributed by atoms with Gasteiger partial charge in [0.05, 0.1) is 5.56 Å². The molecule has 1 fully saturated rings. The summed E-state index contributed by atoms with van der Waals surface area (Å²) in [6, 6.07) is 9.62. The first-order valence-corrected chi connectivity index (χ1v) is 8.80. The molecule has 26 heavy (non-hydrogen) atoms. The minimum Gasteiger partial charge on any atom is -0.338 e. The molecule has 0 N–H and O–H groups in total. The van der Waals surface area contributed by atoms with Gasteiger partial charge in [0.2, 0.25) is 0 Å². The molecule has 0 aliphatic carbocycles. The van der Waals surface area contributed by atoms with Gasteiger partial charge in [0.15, 0.2) is 0 Å². The van der Waals surface area contributed by atoms with Crippen LogP contribution in [0.5, 0.6) is 0 Å². The van der Waals surface area contributed by atoms with E-state index in [1.807, 2.05) is 24.3 Å². The van der Waals surface area contributed by atoms with Crippen molar-refractivity contribution in [2.75, 3.05) is 13.1 Å². The Morgan fingerprint density at radius 1 is 1.12 bits per heavy atom. The number of carbonyl (C=O) groups is 1. The maximum absolute atomic E-state index is 12.7. The Kier molecular flexibility index (Phi) is 5.51. The van der Waals surface area contributed by atoms with Crippen LogP contribution in [0.25, 0.3) is 0 Å². The number of benzene rings is 1. The topological polar surface area (TPSA) is 33.2 Å². The normalized spacial score (nSPS) is 18.5. The van der Waals surface area contributed by atoms with Crippen LogP contribution in [0.4, 0.5) is 13.2 Å². The molecular formula is C19H18ClF3N2O. The molecule has 138 valence electrons. The van der Waals surface area contributed by atoms with Gasteiger partial charge in [-0.1, -0.05) is 30.2 Å². The third-order valence-corrected chi connectivity index (χ3v) is 4.85. The second-order valence-electron chi connectivity index (χ2n) is 6.43. The third-order valence-electron chi connectivity index (χ3n) is 4.60. The quantitative estimate of drug-likeness (QED) is 0.718. The highest BCUT2D eigenvalue weighted by Crippen LogP contribution is 2.29. The average Bonchev–Trinajstić information content (AvgIpc) is 2.87. The van der Waals surface area contributed by atoms with E-state index in [0.29, 0.717) is 18.1 Å². The lowest BCUT2D eigenvalue weighted by Crippen LogP contribution is -2.34. The highest BCUT2D eigenvalue weighted by Gasteiger charge is 2.32. The molecule has 1 aromatic carbocycles. The zero-order chi connectivity index (χ0) is 18.7. The van der Waals surface area contributed by atoms with Crippen LogP contribution in [0.2, 0.25) is 5.02 Å². The summed E-state index contributed by atoms with van der Waals surface area (Å²) < 4.78 is 37.9. The van der Waals surface area contributed by atoms with Gasteiger partial charge in [-0.05, 0) is 42.7 Å². The minimum atomic E-state index is -4.51. The van der Waals surface area contributed by atoms with E-state index in [1.54, 1.807) is 4.90 Å². The Bertz CT molecular complexity index is 760. The summed E-state index contributed by atoms with van der Waals surface area (Å²) in [5, 5.41) is 0.658. The van der Waals surface area contributed by atoms with E-state index in [0.717, 1.165) is 37.1 Å². The van der Waals surface area contributed by atoms with E-state index < -0.39 is 11.9 Å². The molecule has 1 aliphatic rings. The van der Waals surface area contributed by atoms with Crippen LogP contribution in [0.1, 0.15) is 46.8 Å². The largest absolute Gasteiger partial charge is 0.433 e. The molecule has 0 saturated carbocycles. The predicted octanol–water partition coefficient (Wildman–Crippen LogP) is 5.16. The van der Waals surface area contributed by atoms with Crippen molar-refractivity contribution in [3.63, 3.8) is 0 Å². The average molecular weight is 383 g/mol. The van der Waals surface area contributed by atoms with Gasteiger partial charge >= 0.3 is 6.18 Å². The van der Waals surface area contributed by atoms with Gasteiger partial charge in [-0.2, -0.15) is 13.2 Å². The molecule has 0 radical (unpaired) electrons. The number of amides is 1. The number of hydrogen-bond donors (Lipinski definition) is 0. The van der Waals surface area contributed by atoms with Crippen molar-refractivity contribution in [3.8, 4) is 0 Å². The molecule has 1 saturated heterocycles. The van der Waals surface area contributed by atoms with E-state index in [1.165, 1.54) is 6.07 Å². The summed E-state index contributed by atoms with van der Waals surface area (Å²) in [7, 11) is 0. The van der Waals surface area contributed by atoms with Gasteiger partial charge in [-0.25, -0.2) is 0 Å². The van der Waals surface area contributed by atoms with Crippen LogP contribution in [0.3, 0.4) is 0 Å². The van der Waals surface area contributed by atoms with Gasteiger partial charge in [0, 0.05) is 30.2 Å². The second-order valence-corrected chi connectivity index (χ2v) is 6.86. The number of rotatable bonds is 2. The summed E-state index contributed by atoms with van der Waals surface area (Å²) in [6.45, 7) is 1.12. The van der Waals surface area contributed by atoms with Gasteiger partial charge < -0.3 is 4.90 Å². The number of nitrogens with zero attached hydrogens (tertiary/aromatic N) is 2. The van der Waals surface area contributed by atoms with Gasteiger partial charge in [-0.3, -0.25) is 9.78 Å². The Balaban J connectivity index is 1.76. The van der Waals surface area contributed by atoms with Crippen molar-refractivity contribution < 1.29 is 18.0 Å². The Morgan fingerprint density at radius 2 is 1.85 bits per heavy atom.